The summed E-state index contributed by atoms with van der Waals surface area (Å²) in [5.41, 5.74) is 0.976. The van der Waals surface area contributed by atoms with Crippen LogP contribution in [0.4, 0.5) is 0 Å². The largest absolute Gasteiger partial charge is 0.496 e. The summed E-state index contributed by atoms with van der Waals surface area (Å²) < 4.78 is 5.41. The van der Waals surface area contributed by atoms with E-state index >= 15 is 0 Å². The van der Waals surface area contributed by atoms with Crippen LogP contribution < -0.4 is 10.1 Å². The average Bonchev–Trinajstić information content (AvgIpc) is 2.80. The van der Waals surface area contributed by atoms with E-state index in [9.17, 15) is 9.59 Å². The highest BCUT2D eigenvalue weighted by Gasteiger charge is 2.39. The van der Waals surface area contributed by atoms with E-state index in [1.807, 2.05) is 38.1 Å². The lowest BCUT2D eigenvalue weighted by Gasteiger charge is -2.25. The van der Waals surface area contributed by atoms with Crippen LogP contribution in [0.15, 0.2) is 24.3 Å². The zero-order valence-electron chi connectivity index (χ0n) is 13.2. The van der Waals surface area contributed by atoms with Crippen molar-refractivity contribution >= 4 is 23.6 Å². The molecule has 1 saturated heterocycles. The molecule has 0 unspecified atom stereocenters. The Morgan fingerprint density at radius 3 is 2.82 bits per heavy atom. The van der Waals surface area contributed by atoms with E-state index in [2.05, 4.69) is 5.32 Å². The van der Waals surface area contributed by atoms with Crippen molar-refractivity contribution in [3.05, 3.63) is 29.8 Å². The lowest BCUT2D eigenvalue weighted by atomic mass is 10.1. The fraction of sp³-hybridized carbons (Fsp3) is 0.500. The summed E-state index contributed by atoms with van der Waals surface area (Å²) in [7, 11) is 1.63. The van der Waals surface area contributed by atoms with Gasteiger partial charge in [-0.15, -0.1) is 11.8 Å². The molecule has 0 saturated carbocycles. The third-order valence-corrected chi connectivity index (χ3v) is 4.98. The van der Waals surface area contributed by atoms with Gasteiger partial charge in [0.15, 0.2) is 0 Å². The first-order chi connectivity index (χ1) is 10.6. The van der Waals surface area contributed by atoms with Gasteiger partial charge in [-0.3, -0.25) is 9.59 Å². The highest BCUT2D eigenvalue weighted by Crippen LogP contribution is 2.45. The first-order valence-corrected chi connectivity index (χ1v) is 8.38. The predicted molar refractivity (Wildman–Crippen MR) is 87.8 cm³/mol. The van der Waals surface area contributed by atoms with Gasteiger partial charge < -0.3 is 15.0 Å². The van der Waals surface area contributed by atoms with Gasteiger partial charge in [-0.2, -0.15) is 0 Å². The maximum Gasteiger partial charge on any atom is 0.236 e. The smallest absolute Gasteiger partial charge is 0.236 e. The molecule has 22 heavy (non-hydrogen) atoms. The van der Waals surface area contributed by atoms with E-state index in [-0.39, 0.29) is 22.4 Å². The van der Waals surface area contributed by atoms with E-state index in [0.717, 1.165) is 11.3 Å². The first kappa shape index (κ1) is 16.7. The second-order valence-electron chi connectivity index (χ2n) is 5.11. The van der Waals surface area contributed by atoms with E-state index in [1.54, 1.807) is 23.8 Å². The predicted octanol–water partition coefficient (Wildman–Crippen LogP) is 2.18. The minimum Gasteiger partial charge on any atom is -0.496 e. The van der Waals surface area contributed by atoms with Crippen LogP contribution in [0.5, 0.6) is 5.75 Å². The Morgan fingerprint density at radius 2 is 2.14 bits per heavy atom. The molecule has 2 rings (SSSR count). The molecule has 1 heterocycles. The molecular formula is C16H22N2O3S. The number of carbonyl (C=O) groups is 2. The molecule has 1 aliphatic rings. The van der Waals surface area contributed by atoms with E-state index in [1.165, 1.54) is 0 Å². The minimum absolute atomic E-state index is 0.0290. The molecule has 0 aromatic heterocycles. The van der Waals surface area contributed by atoms with Crippen LogP contribution in [-0.2, 0) is 9.59 Å². The van der Waals surface area contributed by atoms with Crippen molar-refractivity contribution in [2.24, 2.45) is 0 Å². The fourth-order valence-corrected chi connectivity index (χ4v) is 3.86. The molecule has 1 fully saturated rings. The number of carbonyl (C=O) groups excluding carboxylic acids is 2. The topological polar surface area (TPSA) is 58.6 Å². The molecule has 1 aromatic rings. The van der Waals surface area contributed by atoms with Gasteiger partial charge in [0.25, 0.3) is 0 Å². The number of methoxy groups -OCH3 is 1. The number of para-hydroxylation sites is 1. The normalized spacial score (nSPS) is 21.0. The fourth-order valence-electron chi connectivity index (χ4n) is 2.52. The Balaban J connectivity index is 2.17. The number of hydrogen-bond donors (Lipinski definition) is 1. The van der Waals surface area contributed by atoms with Gasteiger partial charge >= 0.3 is 0 Å². The van der Waals surface area contributed by atoms with Gasteiger partial charge in [0.1, 0.15) is 11.1 Å². The van der Waals surface area contributed by atoms with Crippen LogP contribution in [0.25, 0.3) is 0 Å². The summed E-state index contributed by atoms with van der Waals surface area (Å²) in [6, 6.07) is 7.71. The molecule has 0 bridgehead atoms. The third kappa shape index (κ3) is 3.55. The van der Waals surface area contributed by atoms with Crippen molar-refractivity contribution in [1.82, 2.24) is 10.2 Å². The first-order valence-electron chi connectivity index (χ1n) is 7.44. The number of thioether (sulfide) groups is 1. The maximum atomic E-state index is 12.4. The molecule has 0 radical (unpaired) electrons. The van der Waals surface area contributed by atoms with Gasteiger partial charge in [-0.25, -0.2) is 0 Å². The van der Waals surface area contributed by atoms with Crippen molar-refractivity contribution < 1.29 is 14.3 Å². The van der Waals surface area contributed by atoms with Gasteiger partial charge in [0.05, 0.1) is 12.4 Å². The second kappa shape index (κ2) is 7.54. The van der Waals surface area contributed by atoms with Crippen LogP contribution in [0, 0.1) is 0 Å². The number of rotatable bonds is 6. The van der Waals surface area contributed by atoms with Gasteiger partial charge in [-0.05, 0) is 19.9 Å². The molecule has 5 nitrogen and oxygen atoms in total. The summed E-state index contributed by atoms with van der Waals surface area (Å²) in [5, 5.41) is 2.55. The van der Waals surface area contributed by atoms with Crippen LogP contribution >= 0.6 is 11.8 Å². The van der Waals surface area contributed by atoms with E-state index in [0.29, 0.717) is 19.5 Å². The zero-order valence-corrected chi connectivity index (χ0v) is 14.0. The number of nitrogens with one attached hydrogen (secondary N) is 1. The van der Waals surface area contributed by atoms with Crippen LogP contribution in [-0.4, -0.2) is 42.2 Å². The number of benzene rings is 1. The Labute approximate surface area is 135 Å². The molecule has 2 amide bonds. The molecule has 1 aromatic carbocycles. The molecule has 1 aliphatic heterocycles. The quantitative estimate of drug-likeness (QED) is 0.872. The van der Waals surface area contributed by atoms with Crippen LogP contribution in [0.2, 0.25) is 0 Å². The number of hydrogen-bond acceptors (Lipinski definition) is 4. The highest BCUT2D eigenvalue weighted by atomic mass is 32.2. The van der Waals surface area contributed by atoms with Crippen LogP contribution in [0.1, 0.15) is 31.2 Å². The minimum atomic E-state index is -0.107. The van der Waals surface area contributed by atoms with E-state index in [4.69, 9.17) is 4.74 Å². The monoisotopic (exact) mass is 322 g/mol. The Kier molecular flexibility index (Phi) is 5.71. The lowest BCUT2D eigenvalue weighted by Crippen LogP contribution is -2.34. The number of amides is 2. The average molecular weight is 322 g/mol. The zero-order chi connectivity index (χ0) is 16.1. The molecule has 1 N–H and O–H groups in total. The molecule has 0 spiro atoms. The Bertz CT molecular complexity index is 550. The van der Waals surface area contributed by atoms with Crippen molar-refractivity contribution in [3.63, 3.8) is 0 Å². The van der Waals surface area contributed by atoms with Gasteiger partial charge in [-0.1, -0.05) is 18.2 Å². The molecule has 120 valence electrons. The van der Waals surface area contributed by atoms with Gasteiger partial charge in [0.2, 0.25) is 11.8 Å². The molecule has 0 aliphatic carbocycles. The van der Waals surface area contributed by atoms with Crippen molar-refractivity contribution in [1.29, 1.82) is 0 Å². The van der Waals surface area contributed by atoms with Crippen molar-refractivity contribution in [3.8, 4) is 5.75 Å². The Morgan fingerprint density at radius 1 is 1.41 bits per heavy atom. The molecular weight excluding hydrogens is 300 g/mol. The number of nitrogens with zero attached hydrogens (tertiary/aromatic N) is 1. The summed E-state index contributed by atoms with van der Waals surface area (Å²) in [4.78, 5) is 25.8. The standard InChI is InChI=1S/C16H22N2O3S/c1-4-17-14(19)9-10-18-15(20)11(2)22-16(18)12-7-5-6-8-13(12)21-3/h5-8,11,16H,4,9-10H2,1-3H3,(H,17,19)/t11-,16-/m1/s1. The molecule has 2 atom stereocenters. The van der Waals surface area contributed by atoms with Gasteiger partial charge in [0, 0.05) is 25.1 Å². The Hall–Kier alpha value is -1.69. The lowest BCUT2D eigenvalue weighted by molar-refractivity contribution is -0.130. The van der Waals surface area contributed by atoms with Crippen molar-refractivity contribution in [2.75, 3.05) is 20.2 Å². The summed E-state index contributed by atoms with van der Waals surface area (Å²) in [6.45, 7) is 4.81. The summed E-state index contributed by atoms with van der Waals surface area (Å²) in [5.74, 6) is 0.814. The van der Waals surface area contributed by atoms with Crippen molar-refractivity contribution in [2.45, 2.75) is 30.9 Å². The molecule has 6 heteroatoms. The number of ether oxygens (including phenoxy) is 1. The van der Waals surface area contributed by atoms with E-state index < -0.39 is 0 Å². The summed E-state index contributed by atoms with van der Waals surface area (Å²) >= 11 is 1.59. The second-order valence-corrected chi connectivity index (χ2v) is 6.53. The maximum absolute atomic E-state index is 12.4. The summed E-state index contributed by atoms with van der Waals surface area (Å²) in [6.07, 6.45) is 0.318. The SMILES string of the molecule is CCNC(=O)CCN1C(=O)[C@@H](C)S[C@@H]1c1ccccc1OC. The third-order valence-electron chi connectivity index (χ3n) is 3.61. The van der Waals surface area contributed by atoms with Crippen LogP contribution in [0.3, 0.4) is 0 Å². The highest BCUT2D eigenvalue weighted by molar-refractivity contribution is 8.01.